The van der Waals surface area contributed by atoms with Gasteiger partial charge in [0.05, 0.1) is 4.92 Å². The molecule has 0 aliphatic rings. The summed E-state index contributed by atoms with van der Waals surface area (Å²) in [7, 11) is 1.56. The highest BCUT2D eigenvalue weighted by Gasteiger charge is 2.19. The Kier molecular flexibility index (Phi) is 4.54. The van der Waals surface area contributed by atoms with Crippen molar-refractivity contribution in [3.8, 4) is 0 Å². The van der Waals surface area contributed by atoms with E-state index in [9.17, 15) is 23.7 Å². The van der Waals surface area contributed by atoms with E-state index in [2.05, 4.69) is 0 Å². The second-order valence-corrected chi connectivity index (χ2v) is 4.93. The van der Waals surface area contributed by atoms with Gasteiger partial charge < -0.3 is 10.6 Å². The standard InChI is InChI=1S/C15H13F2N3O3/c1-19(8-9-2-4-11(16)12(17)6-9)13-5-3-10(15(18)21)7-14(13)20(22)23/h2-7H,8H2,1H3,(H2,18,21). The first-order chi connectivity index (χ1) is 10.8. The summed E-state index contributed by atoms with van der Waals surface area (Å²) in [6.07, 6.45) is 0. The Bertz CT molecular complexity index is 781. The maximum absolute atomic E-state index is 13.2. The molecule has 0 aromatic heterocycles. The van der Waals surface area contributed by atoms with E-state index < -0.39 is 22.5 Å². The number of nitro benzene ring substituents is 1. The predicted molar refractivity (Wildman–Crippen MR) is 80.1 cm³/mol. The third-order valence-electron chi connectivity index (χ3n) is 3.27. The summed E-state index contributed by atoms with van der Waals surface area (Å²) in [5.74, 6) is -2.73. The van der Waals surface area contributed by atoms with Crippen LogP contribution >= 0.6 is 0 Å². The molecule has 0 unspecified atom stereocenters. The van der Waals surface area contributed by atoms with Gasteiger partial charge >= 0.3 is 0 Å². The summed E-state index contributed by atoms with van der Waals surface area (Å²) >= 11 is 0. The lowest BCUT2D eigenvalue weighted by molar-refractivity contribution is -0.384. The minimum absolute atomic E-state index is 0.0154. The van der Waals surface area contributed by atoms with E-state index in [0.717, 1.165) is 18.2 Å². The van der Waals surface area contributed by atoms with Crippen molar-refractivity contribution in [3.05, 3.63) is 69.3 Å². The molecule has 8 heteroatoms. The Balaban J connectivity index is 2.34. The number of carbonyl (C=O) groups excluding carboxylic acids is 1. The molecule has 1 amide bonds. The number of nitrogens with two attached hydrogens (primary N) is 1. The smallest absolute Gasteiger partial charge is 0.293 e. The van der Waals surface area contributed by atoms with Gasteiger partial charge in [-0.2, -0.15) is 0 Å². The number of primary amides is 1. The van der Waals surface area contributed by atoms with E-state index in [4.69, 9.17) is 5.73 Å². The lowest BCUT2D eigenvalue weighted by atomic mass is 10.1. The molecule has 0 saturated heterocycles. The fourth-order valence-electron chi connectivity index (χ4n) is 2.14. The normalized spacial score (nSPS) is 10.4. The van der Waals surface area contributed by atoms with Crippen LogP contribution in [0.3, 0.4) is 0 Å². The molecule has 6 nitrogen and oxygen atoms in total. The number of amides is 1. The molecule has 0 radical (unpaired) electrons. The molecule has 0 heterocycles. The highest BCUT2D eigenvalue weighted by atomic mass is 19.2. The van der Waals surface area contributed by atoms with Gasteiger partial charge in [-0.15, -0.1) is 0 Å². The average Bonchev–Trinajstić information content (AvgIpc) is 2.50. The number of hydrogen-bond donors (Lipinski definition) is 1. The van der Waals surface area contributed by atoms with Gasteiger partial charge in [0.25, 0.3) is 5.69 Å². The second-order valence-electron chi connectivity index (χ2n) is 4.93. The van der Waals surface area contributed by atoms with E-state index in [-0.39, 0.29) is 23.5 Å². The predicted octanol–water partition coefficient (Wildman–Crippen LogP) is 2.61. The number of halogens is 2. The molecular weight excluding hydrogens is 308 g/mol. The van der Waals surface area contributed by atoms with Crippen LogP contribution in [-0.2, 0) is 6.54 Å². The van der Waals surface area contributed by atoms with E-state index in [0.29, 0.717) is 5.56 Å². The summed E-state index contributed by atoms with van der Waals surface area (Å²) in [5, 5.41) is 11.2. The quantitative estimate of drug-likeness (QED) is 0.677. The van der Waals surface area contributed by atoms with Crippen molar-refractivity contribution < 1.29 is 18.5 Å². The largest absolute Gasteiger partial charge is 0.366 e. The Morgan fingerprint density at radius 1 is 1.22 bits per heavy atom. The Morgan fingerprint density at radius 3 is 2.48 bits per heavy atom. The maximum atomic E-state index is 13.2. The number of nitrogens with zero attached hydrogens (tertiary/aromatic N) is 2. The zero-order valence-electron chi connectivity index (χ0n) is 12.1. The zero-order valence-corrected chi connectivity index (χ0v) is 12.1. The van der Waals surface area contributed by atoms with Crippen molar-refractivity contribution in [3.63, 3.8) is 0 Å². The number of anilines is 1. The second kappa shape index (κ2) is 6.39. The van der Waals surface area contributed by atoms with Crippen LogP contribution in [0.25, 0.3) is 0 Å². The highest BCUT2D eigenvalue weighted by molar-refractivity contribution is 5.94. The molecule has 0 spiro atoms. The van der Waals surface area contributed by atoms with Gasteiger partial charge in [-0.1, -0.05) is 6.07 Å². The fourth-order valence-corrected chi connectivity index (χ4v) is 2.14. The van der Waals surface area contributed by atoms with Crippen molar-refractivity contribution in [1.29, 1.82) is 0 Å². The van der Waals surface area contributed by atoms with Crippen LogP contribution in [0.4, 0.5) is 20.2 Å². The highest BCUT2D eigenvalue weighted by Crippen LogP contribution is 2.29. The van der Waals surface area contributed by atoms with Gasteiger partial charge in [-0.3, -0.25) is 14.9 Å². The minimum Gasteiger partial charge on any atom is -0.366 e. The number of rotatable bonds is 5. The van der Waals surface area contributed by atoms with Gasteiger partial charge in [-0.05, 0) is 29.8 Å². The molecular formula is C15H13F2N3O3. The van der Waals surface area contributed by atoms with Crippen LogP contribution < -0.4 is 10.6 Å². The lowest BCUT2D eigenvalue weighted by Gasteiger charge is -2.19. The van der Waals surface area contributed by atoms with E-state index in [1.165, 1.54) is 23.1 Å². The molecule has 23 heavy (non-hydrogen) atoms. The third kappa shape index (κ3) is 3.60. The van der Waals surface area contributed by atoms with E-state index in [1.54, 1.807) is 7.05 Å². The summed E-state index contributed by atoms with van der Waals surface area (Å²) < 4.78 is 26.2. The minimum atomic E-state index is -0.991. The fraction of sp³-hybridized carbons (Fsp3) is 0.133. The molecule has 2 N–H and O–H groups in total. The van der Waals surface area contributed by atoms with Gasteiger partial charge in [0, 0.05) is 25.2 Å². The summed E-state index contributed by atoms with van der Waals surface area (Å²) in [6.45, 7) is 0.119. The Morgan fingerprint density at radius 2 is 1.91 bits per heavy atom. The first-order valence-electron chi connectivity index (χ1n) is 6.53. The first kappa shape index (κ1) is 16.3. The van der Waals surface area contributed by atoms with Crippen LogP contribution in [0.1, 0.15) is 15.9 Å². The Hall–Kier alpha value is -3.03. The van der Waals surface area contributed by atoms with Crippen molar-refractivity contribution in [1.82, 2.24) is 0 Å². The lowest BCUT2D eigenvalue weighted by Crippen LogP contribution is -2.19. The van der Waals surface area contributed by atoms with Crippen LogP contribution in [0.15, 0.2) is 36.4 Å². The number of carbonyl (C=O) groups is 1. The van der Waals surface area contributed by atoms with Gasteiger partial charge in [0.2, 0.25) is 5.91 Å². The molecule has 0 aliphatic heterocycles. The molecule has 0 aliphatic carbocycles. The molecule has 2 rings (SSSR count). The zero-order chi connectivity index (χ0) is 17.1. The average molecular weight is 321 g/mol. The van der Waals surface area contributed by atoms with Crippen LogP contribution in [-0.4, -0.2) is 17.9 Å². The van der Waals surface area contributed by atoms with Crippen LogP contribution in [0, 0.1) is 21.7 Å². The first-order valence-corrected chi connectivity index (χ1v) is 6.53. The SMILES string of the molecule is CN(Cc1ccc(F)c(F)c1)c1ccc(C(N)=O)cc1[N+](=O)[O-]. The summed E-state index contributed by atoms with van der Waals surface area (Å²) in [6, 6.07) is 7.24. The Labute approximate surface area is 130 Å². The molecule has 0 atom stereocenters. The van der Waals surface area contributed by atoms with Crippen LogP contribution in [0.2, 0.25) is 0 Å². The molecule has 2 aromatic carbocycles. The van der Waals surface area contributed by atoms with E-state index in [1.807, 2.05) is 0 Å². The molecule has 0 saturated carbocycles. The molecule has 120 valence electrons. The number of nitro groups is 1. The van der Waals surface area contributed by atoms with Gasteiger partial charge in [-0.25, -0.2) is 8.78 Å². The summed E-state index contributed by atoms with van der Waals surface area (Å²) in [5.41, 5.74) is 5.50. The van der Waals surface area contributed by atoms with E-state index >= 15 is 0 Å². The summed E-state index contributed by atoms with van der Waals surface area (Å²) in [4.78, 5) is 23.2. The van der Waals surface area contributed by atoms with Crippen molar-refractivity contribution >= 4 is 17.3 Å². The third-order valence-corrected chi connectivity index (χ3v) is 3.27. The molecule has 0 bridgehead atoms. The number of hydrogen-bond acceptors (Lipinski definition) is 4. The molecule has 0 fully saturated rings. The van der Waals surface area contributed by atoms with Crippen molar-refractivity contribution in [2.45, 2.75) is 6.54 Å². The van der Waals surface area contributed by atoms with Crippen molar-refractivity contribution in [2.24, 2.45) is 5.73 Å². The van der Waals surface area contributed by atoms with Crippen molar-refractivity contribution in [2.75, 3.05) is 11.9 Å². The van der Waals surface area contributed by atoms with Crippen LogP contribution in [0.5, 0.6) is 0 Å². The molecule has 2 aromatic rings. The topological polar surface area (TPSA) is 89.5 Å². The van der Waals surface area contributed by atoms with Gasteiger partial charge in [0.15, 0.2) is 11.6 Å². The monoisotopic (exact) mass is 321 g/mol. The number of benzene rings is 2. The van der Waals surface area contributed by atoms with Gasteiger partial charge in [0.1, 0.15) is 5.69 Å². The maximum Gasteiger partial charge on any atom is 0.293 e.